The van der Waals surface area contributed by atoms with E-state index >= 15 is 0 Å². The van der Waals surface area contributed by atoms with Gasteiger partial charge in [0.1, 0.15) is 0 Å². The number of ether oxygens (including phenoxy) is 1. The summed E-state index contributed by atoms with van der Waals surface area (Å²) in [4.78, 5) is 22.7. The Morgan fingerprint density at radius 3 is 2.52 bits per heavy atom. The molecule has 7 nitrogen and oxygen atoms in total. The molecule has 0 saturated heterocycles. The first kappa shape index (κ1) is 18.6. The molecule has 0 aliphatic rings. The lowest BCUT2D eigenvalue weighted by molar-refractivity contribution is 0.0769. The highest BCUT2D eigenvalue weighted by Gasteiger charge is 2.15. The second-order valence-corrected chi connectivity index (χ2v) is 6.18. The summed E-state index contributed by atoms with van der Waals surface area (Å²) in [6.07, 6.45) is 3.46. The maximum absolute atomic E-state index is 12.6. The molecule has 27 heavy (non-hydrogen) atoms. The van der Waals surface area contributed by atoms with Gasteiger partial charge in [-0.05, 0) is 30.2 Å². The summed E-state index contributed by atoms with van der Waals surface area (Å²) >= 11 is 0. The van der Waals surface area contributed by atoms with Crippen LogP contribution in [-0.4, -0.2) is 40.1 Å². The first-order valence-corrected chi connectivity index (χ1v) is 8.78. The Balaban J connectivity index is 1.66. The van der Waals surface area contributed by atoms with Crippen LogP contribution in [0.4, 0.5) is 0 Å². The number of aromatic nitrogens is 3. The van der Waals surface area contributed by atoms with E-state index in [2.05, 4.69) is 22.0 Å². The van der Waals surface area contributed by atoms with Crippen molar-refractivity contribution in [2.75, 3.05) is 14.2 Å². The van der Waals surface area contributed by atoms with Crippen molar-refractivity contribution < 1.29 is 14.1 Å². The van der Waals surface area contributed by atoms with Gasteiger partial charge in [0.2, 0.25) is 11.8 Å². The van der Waals surface area contributed by atoms with E-state index in [0.717, 1.165) is 24.0 Å². The van der Waals surface area contributed by atoms with E-state index in [-0.39, 0.29) is 12.5 Å². The van der Waals surface area contributed by atoms with E-state index in [1.54, 1.807) is 43.5 Å². The lowest BCUT2D eigenvalue weighted by atomic mass is 10.1. The third-order valence-corrected chi connectivity index (χ3v) is 4.11. The van der Waals surface area contributed by atoms with Gasteiger partial charge in [-0.3, -0.25) is 4.79 Å². The number of carbonyl (C=O) groups is 1. The second-order valence-electron chi connectivity index (χ2n) is 6.18. The van der Waals surface area contributed by atoms with Gasteiger partial charge in [-0.15, -0.1) is 0 Å². The third-order valence-electron chi connectivity index (χ3n) is 4.11. The Kier molecular flexibility index (Phi) is 5.80. The van der Waals surface area contributed by atoms with Gasteiger partial charge < -0.3 is 14.2 Å². The lowest BCUT2D eigenvalue weighted by Crippen LogP contribution is -2.26. The first-order chi connectivity index (χ1) is 13.1. The molecule has 3 rings (SSSR count). The largest absolute Gasteiger partial charge is 0.481 e. The number of benzene rings is 1. The van der Waals surface area contributed by atoms with E-state index in [1.165, 1.54) is 0 Å². The maximum Gasteiger partial charge on any atom is 0.254 e. The molecular weight excluding hydrogens is 344 g/mol. The number of pyridine rings is 1. The van der Waals surface area contributed by atoms with Crippen molar-refractivity contribution in [2.24, 2.45) is 0 Å². The Morgan fingerprint density at radius 2 is 1.89 bits per heavy atom. The molecule has 0 N–H and O–H groups in total. The number of nitrogens with zero attached hydrogens (tertiary/aromatic N) is 4. The van der Waals surface area contributed by atoms with Crippen molar-refractivity contribution in [1.82, 2.24) is 20.0 Å². The van der Waals surface area contributed by atoms with Crippen LogP contribution in [0.2, 0.25) is 0 Å². The summed E-state index contributed by atoms with van der Waals surface area (Å²) in [5.74, 6) is 1.57. The van der Waals surface area contributed by atoms with Gasteiger partial charge in [0, 0.05) is 36.9 Å². The van der Waals surface area contributed by atoms with Crippen LogP contribution in [0.5, 0.6) is 5.88 Å². The number of carbonyl (C=O) groups excluding carboxylic acids is 1. The van der Waals surface area contributed by atoms with Gasteiger partial charge >= 0.3 is 0 Å². The zero-order chi connectivity index (χ0) is 19.2. The molecule has 1 aromatic carbocycles. The van der Waals surface area contributed by atoms with Gasteiger partial charge in [0.15, 0.2) is 5.82 Å². The van der Waals surface area contributed by atoms with Crippen LogP contribution in [0, 0.1) is 0 Å². The van der Waals surface area contributed by atoms with Crippen molar-refractivity contribution in [2.45, 2.75) is 26.3 Å². The van der Waals surface area contributed by atoms with E-state index in [0.29, 0.717) is 23.2 Å². The quantitative estimate of drug-likeness (QED) is 0.638. The normalized spacial score (nSPS) is 10.6. The molecule has 0 fully saturated rings. The van der Waals surface area contributed by atoms with Crippen molar-refractivity contribution in [3.05, 3.63) is 59.9 Å². The van der Waals surface area contributed by atoms with Crippen LogP contribution in [0.25, 0.3) is 11.1 Å². The summed E-state index contributed by atoms with van der Waals surface area (Å²) in [6.45, 7) is 2.33. The average molecular weight is 366 g/mol. The molecule has 0 aliphatic carbocycles. The minimum Gasteiger partial charge on any atom is -0.481 e. The topological polar surface area (TPSA) is 81.4 Å². The number of aryl methyl sites for hydroxylation is 1. The molecule has 0 spiro atoms. The fourth-order valence-corrected chi connectivity index (χ4v) is 2.65. The van der Waals surface area contributed by atoms with Crippen LogP contribution in [-0.2, 0) is 13.0 Å². The molecule has 0 unspecified atom stereocenters. The van der Waals surface area contributed by atoms with E-state index in [9.17, 15) is 4.79 Å². The van der Waals surface area contributed by atoms with Crippen LogP contribution in [0.15, 0.2) is 47.1 Å². The molecule has 1 amide bonds. The van der Waals surface area contributed by atoms with Crippen molar-refractivity contribution >= 4 is 5.91 Å². The highest BCUT2D eigenvalue weighted by atomic mass is 16.5. The smallest absolute Gasteiger partial charge is 0.254 e. The SMILES string of the molecule is CCCc1noc(CN(C)C(=O)c2ccc(-c3ccc(OC)nc3)cc2)n1. The molecule has 0 bridgehead atoms. The summed E-state index contributed by atoms with van der Waals surface area (Å²) in [5.41, 5.74) is 2.53. The molecule has 140 valence electrons. The summed E-state index contributed by atoms with van der Waals surface area (Å²) in [6, 6.07) is 11.1. The van der Waals surface area contributed by atoms with Crippen molar-refractivity contribution in [3.8, 4) is 17.0 Å². The number of hydrogen-bond acceptors (Lipinski definition) is 6. The number of methoxy groups -OCH3 is 1. The van der Waals surface area contributed by atoms with Gasteiger partial charge in [0.25, 0.3) is 5.91 Å². The molecule has 0 atom stereocenters. The van der Waals surface area contributed by atoms with Crippen LogP contribution >= 0.6 is 0 Å². The Hall–Kier alpha value is -3.22. The highest BCUT2D eigenvalue weighted by Crippen LogP contribution is 2.21. The molecule has 3 aromatic rings. The molecule has 0 aliphatic heterocycles. The maximum atomic E-state index is 12.6. The monoisotopic (exact) mass is 366 g/mol. The number of hydrogen-bond donors (Lipinski definition) is 0. The van der Waals surface area contributed by atoms with Crippen molar-refractivity contribution in [3.63, 3.8) is 0 Å². The van der Waals surface area contributed by atoms with Gasteiger partial charge in [0.05, 0.1) is 13.7 Å². The van der Waals surface area contributed by atoms with E-state index in [4.69, 9.17) is 9.26 Å². The van der Waals surface area contributed by atoms with E-state index in [1.807, 2.05) is 18.2 Å². The first-order valence-electron chi connectivity index (χ1n) is 8.78. The highest BCUT2D eigenvalue weighted by molar-refractivity contribution is 5.94. The summed E-state index contributed by atoms with van der Waals surface area (Å²) in [5, 5.41) is 3.91. The Bertz CT molecular complexity index is 888. The molecule has 2 heterocycles. The molecule has 0 radical (unpaired) electrons. The molecular formula is C20H22N4O3. The average Bonchev–Trinajstić information content (AvgIpc) is 3.15. The van der Waals surface area contributed by atoms with Crippen molar-refractivity contribution in [1.29, 1.82) is 0 Å². The van der Waals surface area contributed by atoms with Gasteiger partial charge in [-0.2, -0.15) is 4.98 Å². The number of amides is 1. The van der Waals surface area contributed by atoms with E-state index < -0.39 is 0 Å². The Morgan fingerprint density at radius 1 is 1.15 bits per heavy atom. The minimum absolute atomic E-state index is 0.107. The number of rotatable bonds is 7. The Labute approximate surface area is 158 Å². The molecule has 0 saturated carbocycles. The van der Waals surface area contributed by atoms with Crippen LogP contribution in [0.3, 0.4) is 0 Å². The van der Waals surface area contributed by atoms with Gasteiger partial charge in [-0.25, -0.2) is 4.98 Å². The molecule has 2 aromatic heterocycles. The summed E-state index contributed by atoms with van der Waals surface area (Å²) in [7, 11) is 3.30. The molecule has 7 heteroatoms. The summed E-state index contributed by atoms with van der Waals surface area (Å²) < 4.78 is 10.3. The van der Waals surface area contributed by atoms with Crippen LogP contribution in [0.1, 0.15) is 35.4 Å². The third kappa shape index (κ3) is 4.49. The second kappa shape index (κ2) is 8.44. The minimum atomic E-state index is -0.107. The lowest BCUT2D eigenvalue weighted by Gasteiger charge is -2.15. The zero-order valence-corrected chi connectivity index (χ0v) is 15.7. The fraction of sp³-hybridized carbons (Fsp3) is 0.300. The van der Waals surface area contributed by atoms with Crippen LogP contribution < -0.4 is 4.74 Å². The standard InChI is InChI=1S/C20H22N4O3/c1-4-5-17-22-19(27-23-17)13-24(2)20(25)15-8-6-14(7-9-15)16-10-11-18(26-3)21-12-16/h6-12H,4-5,13H2,1-3H3. The zero-order valence-electron chi connectivity index (χ0n) is 15.7. The predicted octanol–water partition coefficient (Wildman–Crippen LogP) is 3.36. The fourth-order valence-electron chi connectivity index (χ4n) is 2.65. The predicted molar refractivity (Wildman–Crippen MR) is 100 cm³/mol. The van der Waals surface area contributed by atoms with Gasteiger partial charge in [-0.1, -0.05) is 24.2 Å².